The third-order valence-corrected chi connectivity index (χ3v) is 4.92. The molecule has 0 unspecified atom stereocenters. The molecule has 0 saturated carbocycles. The molecule has 120 valence electrons. The van der Waals surface area contributed by atoms with Crippen LogP contribution in [0.3, 0.4) is 0 Å². The van der Waals surface area contributed by atoms with Crippen LogP contribution in [0, 0.1) is 0 Å². The molecule has 0 bridgehead atoms. The Balaban J connectivity index is 2.64. The molecule has 1 aromatic carbocycles. The Bertz CT molecular complexity index is 516. The summed E-state index contributed by atoms with van der Waals surface area (Å²) in [4.78, 5) is 2.55. The molecular formula is C15H27N3O2S. The minimum Gasteiger partial charge on any atom is -0.388 e. The molecule has 0 aliphatic rings. The van der Waals surface area contributed by atoms with Crippen LogP contribution >= 0.6 is 0 Å². The van der Waals surface area contributed by atoms with E-state index in [0.29, 0.717) is 30.1 Å². The first-order valence-corrected chi connectivity index (χ1v) is 8.79. The van der Waals surface area contributed by atoms with Crippen LogP contribution in [0.1, 0.15) is 27.7 Å². The maximum Gasteiger partial charge on any atom is 0.240 e. The summed E-state index contributed by atoms with van der Waals surface area (Å²) in [5.74, 6) is 0. The molecule has 0 fully saturated rings. The van der Waals surface area contributed by atoms with Crippen LogP contribution in [0.5, 0.6) is 0 Å². The predicted molar refractivity (Wildman–Crippen MR) is 88.2 cm³/mol. The van der Waals surface area contributed by atoms with Crippen LogP contribution in [-0.4, -0.2) is 45.5 Å². The van der Waals surface area contributed by atoms with Crippen molar-refractivity contribution < 1.29 is 8.42 Å². The molecule has 21 heavy (non-hydrogen) atoms. The predicted octanol–water partition coefficient (Wildman–Crippen LogP) is 2.13. The van der Waals surface area contributed by atoms with Crippen molar-refractivity contribution in [3.05, 3.63) is 24.3 Å². The van der Waals surface area contributed by atoms with Crippen molar-refractivity contribution in [1.29, 1.82) is 0 Å². The van der Waals surface area contributed by atoms with E-state index in [1.54, 1.807) is 31.3 Å². The summed E-state index contributed by atoms with van der Waals surface area (Å²) in [5, 5.41) is 2.97. The van der Waals surface area contributed by atoms with Gasteiger partial charge in [0.15, 0.2) is 0 Å². The summed E-state index contributed by atoms with van der Waals surface area (Å²) < 4.78 is 27.1. The fourth-order valence-corrected chi connectivity index (χ4v) is 3.33. The first-order valence-electron chi connectivity index (χ1n) is 7.31. The molecule has 0 amide bonds. The molecule has 0 atom stereocenters. The molecule has 0 aromatic heterocycles. The van der Waals surface area contributed by atoms with Gasteiger partial charge < -0.3 is 5.32 Å². The highest BCUT2D eigenvalue weighted by atomic mass is 32.2. The lowest BCUT2D eigenvalue weighted by atomic mass is 10.2. The van der Waals surface area contributed by atoms with Crippen molar-refractivity contribution in [2.24, 2.45) is 0 Å². The van der Waals surface area contributed by atoms with Gasteiger partial charge in [-0.2, -0.15) is 0 Å². The highest BCUT2D eigenvalue weighted by molar-refractivity contribution is 7.89. The summed E-state index contributed by atoms with van der Waals surface area (Å²) in [5.41, 5.74) is 0.889. The van der Waals surface area contributed by atoms with Gasteiger partial charge in [0.1, 0.15) is 0 Å². The zero-order valence-electron chi connectivity index (χ0n) is 13.6. The van der Waals surface area contributed by atoms with Crippen LogP contribution in [0.25, 0.3) is 0 Å². The summed E-state index contributed by atoms with van der Waals surface area (Å²) in [7, 11) is -1.64. The first-order chi connectivity index (χ1) is 9.77. The normalized spacial score (nSPS) is 12.4. The van der Waals surface area contributed by atoms with Crippen molar-refractivity contribution in [3.63, 3.8) is 0 Å². The minimum absolute atomic E-state index is 0.294. The molecule has 5 nitrogen and oxygen atoms in total. The lowest BCUT2D eigenvalue weighted by Gasteiger charge is -2.30. The van der Waals surface area contributed by atoms with Crippen LogP contribution in [0.4, 0.5) is 5.69 Å². The van der Waals surface area contributed by atoms with Gasteiger partial charge in [0.2, 0.25) is 10.0 Å². The van der Waals surface area contributed by atoms with Gasteiger partial charge in [-0.3, -0.25) is 4.90 Å². The Hall–Kier alpha value is -1.11. The molecule has 0 heterocycles. The molecule has 0 aliphatic carbocycles. The molecule has 1 aromatic rings. The van der Waals surface area contributed by atoms with Crippen molar-refractivity contribution in [2.75, 3.05) is 25.5 Å². The third-order valence-electron chi connectivity index (χ3n) is 3.44. The topological polar surface area (TPSA) is 61.4 Å². The molecule has 0 aliphatic heterocycles. The fraction of sp³-hybridized carbons (Fsp3) is 0.600. The third kappa shape index (κ3) is 5.30. The van der Waals surface area contributed by atoms with E-state index in [0.717, 1.165) is 5.69 Å². The van der Waals surface area contributed by atoms with Crippen molar-refractivity contribution >= 4 is 15.7 Å². The Morgan fingerprint density at radius 3 is 2.00 bits per heavy atom. The SMILES string of the molecule is CNc1ccc(S(=O)(=O)NCCN(C(C)C)C(C)C)cc1. The summed E-state index contributed by atoms with van der Waals surface area (Å²) in [6.45, 7) is 9.57. The van der Waals surface area contributed by atoms with Gasteiger partial charge in [-0.05, 0) is 52.0 Å². The van der Waals surface area contributed by atoms with Gasteiger partial charge in [0.05, 0.1) is 4.90 Å². The van der Waals surface area contributed by atoms with Crippen LogP contribution in [0.2, 0.25) is 0 Å². The molecule has 0 spiro atoms. The van der Waals surface area contributed by atoms with Gasteiger partial charge in [-0.25, -0.2) is 13.1 Å². The van der Waals surface area contributed by atoms with E-state index < -0.39 is 10.0 Å². The Morgan fingerprint density at radius 2 is 1.57 bits per heavy atom. The number of hydrogen-bond acceptors (Lipinski definition) is 4. The maximum absolute atomic E-state index is 12.2. The summed E-state index contributed by atoms with van der Waals surface area (Å²) in [6.07, 6.45) is 0. The highest BCUT2D eigenvalue weighted by Crippen LogP contribution is 2.13. The lowest BCUT2D eigenvalue weighted by Crippen LogP contribution is -2.42. The molecule has 0 radical (unpaired) electrons. The molecule has 0 saturated heterocycles. The fourth-order valence-electron chi connectivity index (χ4n) is 2.31. The first kappa shape index (κ1) is 17.9. The van der Waals surface area contributed by atoms with Crippen LogP contribution in [-0.2, 0) is 10.0 Å². The van der Waals surface area contributed by atoms with Crippen LogP contribution in [0.15, 0.2) is 29.2 Å². The second-order valence-electron chi connectivity index (χ2n) is 5.60. The quantitative estimate of drug-likeness (QED) is 0.772. The van der Waals surface area contributed by atoms with Gasteiger partial charge in [-0.15, -0.1) is 0 Å². The monoisotopic (exact) mass is 313 g/mol. The van der Waals surface area contributed by atoms with E-state index >= 15 is 0 Å². The zero-order valence-corrected chi connectivity index (χ0v) is 14.4. The largest absolute Gasteiger partial charge is 0.388 e. The summed E-state index contributed by atoms with van der Waals surface area (Å²) in [6, 6.07) is 7.51. The number of sulfonamides is 1. The number of rotatable bonds is 8. The van der Waals surface area contributed by atoms with Crippen molar-refractivity contribution in [2.45, 2.75) is 44.7 Å². The van der Waals surface area contributed by atoms with E-state index in [-0.39, 0.29) is 0 Å². The average molecular weight is 313 g/mol. The average Bonchev–Trinajstić information content (AvgIpc) is 2.42. The number of anilines is 1. The Labute approximate surface area is 128 Å². The Morgan fingerprint density at radius 1 is 1.05 bits per heavy atom. The number of nitrogens with zero attached hydrogens (tertiary/aromatic N) is 1. The molecule has 1 rings (SSSR count). The summed E-state index contributed by atoms with van der Waals surface area (Å²) >= 11 is 0. The van der Waals surface area contributed by atoms with Gasteiger partial charge >= 0.3 is 0 Å². The number of hydrogen-bond donors (Lipinski definition) is 2. The van der Waals surface area contributed by atoms with Crippen molar-refractivity contribution in [1.82, 2.24) is 9.62 Å². The zero-order chi connectivity index (χ0) is 16.0. The van der Waals surface area contributed by atoms with E-state index in [4.69, 9.17) is 0 Å². The van der Waals surface area contributed by atoms with E-state index in [9.17, 15) is 8.42 Å². The van der Waals surface area contributed by atoms with E-state index in [1.807, 2.05) is 0 Å². The second kappa shape index (κ2) is 7.77. The van der Waals surface area contributed by atoms with Crippen molar-refractivity contribution in [3.8, 4) is 0 Å². The van der Waals surface area contributed by atoms with Crippen LogP contribution < -0.4 is 10.0 Å². The van der Waals surface area contributed by atoms with Gasteiger partial charge in [-0.1, -0.05) is 0 Å². The van der Waals surface area contributed by atoms with Gasteiger partial charge in [0.25, 0.3) is 0 Å². The minimum atomic E-state index is -3.44. The van der Waals surface area contributed by atoms with E-state index in [1.165, 1.54) is 0 Å². The molecule has 6 heteroatoms. The second-order valence-corrected chi connectivity index (χ2v) is 7.36. The molecular weight excluding hydrogens is 286 g/mol. The number of benzene rings is 1. The Kier molecular flexibility index (Phi) is 6.64. The lowest BCUT2D eigenvalue weighted by molar-refractivity contribution is 0.179. The molecule has 2 N–H and O–H groups in total. The van der Waals surface area contributed by atoms with Gasteiger partial charge in [0, 0.05) is 37.9 Å². The standard InChI is InChI=1S/C15H27N3O2S/c1-12(2)18(13(3)4)11-10-17-21(19,20)15-8-6-14(16-5)7-9-15/h6-9,12-13,16-17H,10-11H2,1-5H3. The van der Waals surface area contributed by atoms with E-state index in [2.05, 4.69) is 42.6 Å². The number of nitrogens with one attached hydrogen (secondary N) is 2. The smallest absolute Gasteiger partial charge is 0.240 e. The maximum atomic E-state index is 12.2. The highest BCUT2D eigenvalue weighted by Gasteiger charge is 2.16.